The number of unbranched alkanes of at least 4 members (excludes halogenated alkanes) is 2. The SMILES string of the molecule is CC(N)=NCCCCC(NC(=O)C(C)(CCCCN=C(C)N)NC(=O)OC(C)(C)C)C(=O)O.Cl.Cl.Cl. The number of hydrogen-bond donors (Lipinski definition) is 5. The minimum absolute atomic E-state index is 0. The van der Waals surface area contributed by atoms with Crippen molar-refractivity contribution >= 4 is 66.9 Å². The van der Waals surface area contributed by atoms with E-state index in [4.69, 9.17) is 16.2 Å². The molecule has 0 rings (SSSR count). The lowest BCUT2D eigenvalue weighted by molar-refractivity contribution is -0.143. The molecule has 11 nitrogen and oxygen atoms in total. The summed E-state index contributed by atoms with van der Waals surface area (Å²) in [7, 11) is 0. The molecule has 0 aromatic carbocycles. The van der Waals surface area contributed by atoms with Gasteiger partial charge in [-0.25, -0.2) is 9.59 Å². The number of carbonyl (C=O) groups is 3. The summed E-state index contributed by atoms with van der Waals surface area (Å²) < 4.78 is 5.30. The third-order valence-corrected chi connectivity index (χ3v) is 4.59. The van der Waals surface area contributed by atoms with Gasteiger partial charge in [0.15, 0.2) is 0 Å². The highest BCUT2D eigenvalue weighted by molar-refractivity contribution is 5.92. The van der Waals surface area contributed by atoms with Crippen LogP contribution in [0.1, 0.15) is 80.1 Å². The Morgan fingerprint density at radius 3 is 1.78 bits per heavy atom. The molecule has 2 amide bonds. The number of rotatable bonds is 14. The van der Waals surface area contributed by atoms with Crippen LogP contribution in [0.2, 0.25) is 0 Å². The molecular formula is C22H45Cl3N6O5. The van der Waals surface area contributed by atoms with Crippen molar-refractivity contribution in [2.24, 2.45) is 21.5 Å². The number of aliphatic carboxylic acids is 1. The number of ether oxygens (including phenoxy) is 1. The van der Waals surface area contributed by atoms with Gasteiger partial charge in [-0.15, -0.1) is 37.2 Å². The minimum Gasteiger partial charge on any atom is -0.480 e. The Hall–Kier alpha value is -1.98. The summed E-state index contributed by atoms with van der Waals surface area (Å²) in [5.74, 6) is -0.794. The highest BCUT2D eigenvalue weighted by Crippen LogP contribution is 2.18. The Labute approximate surface area is 233 Å². The topological polar surface area (TPSA) is 181 Å². The number of carboxylic acids is 1. The van der Waals surface area contributed by atoms with Crippen LogP contribution < -0.4 is 22.1 Å². The average Bonchev–Trinajstić information content (AvgIpc) is 2.63. The molecule has 0 aliphatic carbocycles. The smallest absolute Gasteiger partial charge is 0.408 e. The van der Waals surface area contributed by atoms with Crippen molar-refractivity contribution in [3.05, 3.63) is 0 Å². The van der Waals surface area contributed by atoms with Crippen LogP contribution in [0.4, 0.5) is 4.79 Å². The van der Waals surface area contributed by atoms with E-state index in [1.165, 1.54) is 0 Å². The first kappa shape index (κ1) is 41.2. The highest BCUT2D eigenvalue weighted by atomic mass is 35.5. The predicted octanol–water partition coefficient (Wildman–Crippen LogP) is 3.20. The number of nitrogens with zero attached hydrogens (tertiary/aromatic N) is 2. The molecule has 0 saturated heterocycles. The number of carboxylic acid groups (broad SMARTS) is 1. The lowest BCUT2D eigenvalue weighted by Crippen LogP contribution is -2.60. The first-order valence-electron chi connectivity index (χ1n) is 11.2. The summed E-state index contributed by atoms with van der Waals surface area (Å²) in [5, 5.41) is 14.8. The Morgan fingerprint density at radius 2 is 1.36 bits per heavy atom. The molecule has 0 radical (unpaired) electrons. The summed E-state index contributed by atoms with van der Waals surface area (Å²) in [6.45, 7) is 11.1. The van der Waals surface area contributed by atoms with Crippen molar-refractivity contribution < 1.29 is 24.2 Å². The summed E-state index contributed by atoms with van der Waals surface area (Å²) in [5.41, 5.74) is 8.91. The summed E-state index contributed by atoms with van der Waals surface area (Å²) in [6.07, 6.45) is 2.14. The Bertz CT molecular complexity index is 723. The fourth-order valence-corrected chi connectivity index (χ4v) is 2.90. The van der Waals surface area contributed by atoms with Crippen LogP contribution in [0, 0.1) is 0 Å². The van der Waals surface area contributed by atoms with Crippen molar-refractivity contribution in [1.82, 2.24) is 10.6 Å². The van der Waals surface area contributed by atoms with Gasteiger partial charge in [0.05, 0.1) is 11.7 Å². The largest absolute Gasteiger partial charge is 0.480 e. The quantitative estimate of drug-likeness (QED) is 0.119. The number of nitrogens with one attached hydrogen (secondary N) is 2. The Balaban J connectivity index is -0.00000171. The molecule has 214 valence electrons. The van der Waals surface area contributed by atoms with Crippen molar-refractivity contribution in [3.63, 3.8) is 0 Å². The molecule has 2 atom stereocenters. The molecule has 0 aliphatic heterocycles. The number of aliphatic imine (C=N–C) groups is 2. The maximum atomic E-state index is 13.1. The second kappa shape index (κ2) is 20.1. The molecule has 0 aliphatic rings. The molecule has 0 fully saturated rings. The lowest BCUT2D eigenvalue weighted by atomic mass is 9.93. The second-order valence-electron chi connectivity index (χ2n) is 9.32. The molecule has 14 heteroatoms. The van der Waals surface area contributed by atoms with E-state index in [1.54, 1.807) is 41.5 Å². The zero-order valence-corrected chi connectivity index (χ0v) is 24.5. The summed E-state index contributed by atoms with van der Waals surface area (Å²) in [4.78, 5) is 45.4. The van der Waals surface area contributed by atoms with Crippen molar-refractivity contribution in [2.75, 3.05) is 13.1 Å². The van der Waals surface area contributed by atoms with Gasteiger partial charge in [0, 0.05) is 13.1 Å². The van der Waals surface area contributed by atoms with E-state index in [9.17, 15) is 19.5 Å². The molecule has 0 spiro atoms. The van der Waals surface area contributed by atoms with Crippen LogP contribution >= 0.6 is 37.2 Å². The average molecular weight is 580 g/mol. The summed E-state index contributed by atoms with van der Waals surface area (Å²) in [6, 6.07) is -1.09. The van der Waals surface area contributed by atoms with Gasteiger partial charge in [-0.3, -0.25) is 14.8 Å². The van der Waals surface area contributed by atoms with Gasteiger partial charge < -0.3 is 31.9 Å². The van der Waals surface area contributed by atoms with Gasteiger partial charge in [0.25, 0.3) is 0 Å². The number of carbonyl (C=O) groups excluding carboxylic acids is 2. The van der Waals surface area contributed by atoms with E-state index in [2.05, 4.69) is 20.6 Å². The number of alkyl carbamates (subject to hydrolysis) is 1. The number of amidine groups is 2. The zero-order valence-electron chi connectivity index (χ0n) is 22.1. The standard InChI is InChI=1S/C22H42N6O5.3ClH/c1-15(23)25-13-9-7-11-17(18(29)30)27-19(31)22(6,12-8-10-14-26-16(2)24)28-20(32)33-21(3,4)5;;;/h17H,7-14H2,1-6H3,(H2,23,25)(H2,24,26)(H,27,31)(H,28,32)(H,29,30);3*1H. The third-order valence-electron chi connectivity index (χ3n) is 4.59. The predicted molar refractivity (Wildman–Crippen MR) is 151 cm³/mol. The molecule has 0 aromatic rings. The van der Waals surface area contributed by atoms with Gasteiger partial charge in [-0.2, -0.15) is 0 Å². The van der Waals surface area contributed by atoms with Gasteiger partial charge >= 0.3 is 12.1 Å². The van der Waals surface area contributed by atoms with E-state index in [0.717, 1.165) is 0 Å². The van der Waals surface area contributed by atoms with Crippen LogP contribution in [0.15, 0.2) is 9.98 Å². The number of hydrogen-bond acceptors (Lipinski definition) is 6. The first-order chi connectivity index (χ1) is 15.2. The van der Waals surface area contributed by atoms with Gasteiger partial charge in [-0.1, -0.05) is 0 Å². The molecule has 0 bridgehead atoms. The minimum atomic E-state index is -1.36. The van der Waals surface area contributed by atoms with Gasteiger partial charge in [-0.05, 0) is 80.1 Å². The maximum absolute atomic E-state index is 13.1. The van der Waals surface area contributed by atoms with Crippen molar-refractivity contribution in [3.8, 4) is 0 Å². The van der Waals surface area contributed by atoms with Crippen molar-refractivity contribution in [1.29, 1.82) is 0 Å². The number of nitrogens with two attached hydrogens (primary N) is 2. The molecular weight excluding hydrogens is 535 g/mol. The lowest BCUT2D eigenvalue weighted by Gasteiger charge is -2.32. The Kier molecular flexibility index (Phi) is 23.0. The fraction of sp³-hybridized carbons (Fsp3) is 0.773. The maximum Gasteiger partial charge on any atom is 0.408 e. The third kappa shape index (κ3) is 20.2. The highest BCUT2D eigenvalue weighted by Gasteiger charge is 2.37. The van der Waals surface area contributed by atoms with Crippen molar-refractivity contribution in [2.45, 2.75) is 97.2 Å². The molecule has 2 unspecified atom stereocenters. The summed E-state index contributed by atoms with van der Waals surface area (Å²) >= 11 is 0. The fourth-order valence-electron chi connectivity index (χ4n) is 2.90. The Morgan fingerprint density at radius 1 is 0.889 bits per heavy atom. The molecule has 36 heavy (non-hydrogen) atoms. The monoisotopic (exact) mass is 578 g/mol. The van der Waals surface area contributed by atoms with E-state index < -0.39 is 35.2 Å². The van der Waals surface area contributed by atoms with E-state index in [-0.39, 0.29) is 50.1 Å². The van der Waals surface area contributed by atoms with Crippen LogP contribution in [-0.4, -0.2) is 65.0 Å². The molecule has 7 N–H and O–H groups in total. The van der Waals surface area contributed by atoms with Crippen LogP contribution in [-0.2, 0) is 14.3 Å². The van der Waals surface area contributed by atoms with Crippen LogP contribution in [0.3, 0.4) is 0 Å². The number of amides is 2. The second-order valence-corrected chi connectivity index (χ2v) is 9.32. The first-order valence-corrected chi connectivity index (χ1v) is 11.2. The van der Waals surface area contributed by atoms with Gasteiger partial charge in [0.1, 0.15) is 17.2 Å². The van der Waals surface area contributed by atoms with Crippen LogP contribution in [0.25, 0.3) is 0 Å². The zero-order chi connectivity index (χ0) is 25.7. The molecule has 0 aromatic heterocycles. The van der Waals surface area contributed by atoms with Crippen LogP contribution in [0.5, 0.6) is 0 Å². The van der Waals surface area contributed by atoms with E-state index >= 15 is 0 Å². The van der Waals surface area contributed by atoms with Gasteiger partial charge in [0.2, 0.25) is 5.91 Å². The van der Waals surface area contributed by atoms with E-state index in [1.807, 2.05) is 0 Å². The normalized spacial score (nSPS) is 14.1. The molecule has 0 heterocycles. The van der Waals surface area contributed by atoms with E-state index in [0.29, 0.717) is 50.4 Å². The number of halogens is 3. The molecule has 0 saturated carbocycles.